The summed E-state index contributed by atoms with van der Waals surface area (Å²) in [5.74, 6) is -2.63. The summed E-state index contributed by atoms with van der Waals surface area (Å²) < 4.78 is 0. The van der Waals surface area contributed by atoms with E-state index >= 15 is 0 Å². The van der Waals surface area contributed by atoms with Crippen molar-refractivity contribution in [3.05, 3.63) is 0 Å². The topological polar surface area (TPSA) is 168 Å². The fraction of sp³-hybridized carbons (Fsp3) is 0.800. The highest BCUT2D eigenvalue weighted by molar-refractivity contribution is 5.89. The van der Waals surface area contributed by atoms with Gasteiger partial charge in [-0.1, -0.05) is 0 Å². The lowest BCUT2D eigenvalue weighted by atomic mass is 9.79. The van der Waals surface area contributed by atoms with Gasteiger partial charge in [0.1, 0.15) is 17.7 Å². The average Bonchev–Trinajstić information content (AvgIpc) is 2.32. The lowest BCUT2D eigenvalue weighted by Gasteiger charge is -2.39. The zero-order valence-electron chi connectivity index (χ0n) is 9.93. The number of aliphatic carboxylic acids is 1. The van der Waals surface area contributed by atoms with E-state index in [0.717, 1.165) is 0 Å². The number of carboxylic acids is 1. The first-order valence-electron chi connectivity index (χ1n) is 5.62. The lowest BCUT2D eigenvalue weighted by Crippen LogP contribution is -2.61. The summed E-state index contributed by atoms with van der Waals surface area (Å²) in [6, 6.07) is -1.60. The van der Waals surface area contributed by atoms with Crippen LogP contribution >= 0.6 is 0 Å². The smallest absolute Gasteiger partial charge is 0.328 e. The number of aliphatic hydroxyl groups is 5. The normalized spacial score (nSPS) is 36.6. The molecular weight excluding hydrogens is 262 g/mol. The Morgan fingerprint density at radius 1 is 1.21 bits per heavy atom. The molecule has 0 radical (unpaired) electrons. The maximum atomic E-state index is 11.8. The van der Waals surface area contributed by atoms with Gasteiger partial charge in [0.15, 0.2) is 0 Å². The van der Waals surface area contributed by atoms with E-state index in [-0.39, 0.29) is 0 Å². The van der Waals surface area contributed by atoms with Gasteiger partial charge < -0.3 is 36.0 Å². The molecule has 1 fully saturated rings. The monoisotopic (exact) mass is 279 g/mol. The second-order valence-electron chi connectivity index (χ2n) is 4.61. The number of carbonyl (C=O) groups excluding carboxylic acids is 1. The third-order valence-corrected chi connectivity index (χ3v) is 3.09. The Kier molecular flexibility index (Phi) is 4.82. The second kappa shape index (κ2) is 5.80. The van der Waals surface area contributed by atoms with Crippen molar-refractivity contribution in [1.82, 2.24) is 5.32 Å². The molecule has 0 aliphatic heterocycles. The molecule has 0 unspecified atom stereocenters. The Morgan fingerprint density at radius 2 is 1.68 bits per heavy atom. The molecule has 1 saturated carbocycles. The summed E-state index contributed by atoms with van der Waals surface area (Å²) in [4.78, 5) is 22.4. The molecule has 3 atom stereocenters. The van der Waals surface area contributed by atoms with E-state index in [2.05, 4.69) is 0 Å². The molecule has 1 aliphatic rings. The van der Waals surface area contributed by atoms with E-state index in [4.69, 9.17) is 10.2 Å². The van der Waals surface area contributed by atoms with Crippen molar-refractivity contribution >= 4 is 11.9 Å². The van der Waals surface area contributed by atoms with Gasteiger partial charge in [0.05, 0.1) is 18.8 Å². The molecular formula is C10H17NO8. The largest absolute Gasteiger partial charge is 0.480 e. The second-order valence-corrected chi connectivity index (χ2v) is 4.61. The first-order chi connectivity index (χ1) is 8.71. The first kappa shape index (κ1) is 15.8. The minimum absolute atomic E-state index is 0.547. The van der Waals surface area contributed by atoms with Crippen molar-refractivity contribution in [3.63, 3.8) is 0 Å². The van der Waals surface area contributed by atoms with Gasteiger partial charge in [-0.25, -0.2) is 4.79 Å². The molecule has 1 aliphatic carbocycles. The number of carbonyl (C=O) groups is 2. The number of aliphatic hydroxyl groups excluding tert-OH is 4. The molecule has 0 bridgehead atoms. The van der Waals surface area contributed by atoms with Crippen molar-refractivity contribution in [2.45, 2.75) is 42.8 Å². The number of amides is 1. The number of carboxylic acid groups (broad SMARTS) is 1. The van der Waals surface area contributed by atoms with Crippen molar-refractivity contribution < 1.29 is 40.2 Å². The molecule has 1 rings (SSSR count). The van der Waals surface area contributed by atoms with Crippen molar-refractivity contribution in [2.75, 3.05) is 6.61 Å². The van der Waals surface area contributed by atoms with Gasteiger partial charge in [-0.2, -0.15) is 0 Å². The Morgan fingerprint density at radius 3 is 2.05 bits per heavy atom. The van der Waals surface area contributed by atoms with Crippen molar-refractivity contribution in [3.8, 4) is 0 Å². The molecule has 0 heterocycles. The summed E-state index contributed by atoms with van der Waals surface area (Å²) in [7, 11) is 0. The maximum Gasteiger partial charge on any atom is 0.328 e. The highest BCUT2D eigenvalue weighted by Crippen LogP contribution is 2.29. The van der Waals surface area contributed by atoms with Crippen LogP contribution in [-0.2, 0) is 9.59 Å². The highest BCUT2D eigenvalue weighted by Gasteiger charge is 2.48. The van der Waals surface area contributed by atoms with E-state index in [1.165, 1.54) is 0 Å². The van der Waals surface area contributed by atoms with E-state index in [0.29, 0.717) is 0 Å². The molecule has 9 heteroatoms. The molecule has 0 aromatic heterocycles. The predicted molar refractivity (Wildman–Crippen MR) is 58.9 cm³/mol. The summed E-state index contributed by atoms with van der Waals surface area (Å²) in [5.41, 5.74) is -2.21. The minimum atomic E-state index is -2.21. The van der Waals surface area contributed by atoms with Gasteiger partial charge in [0.25, 0.3) is 5.91 Å². The van der Waals surface area contributed by atoms with Crippen molar-refractivity contribution in [2.24, 2.45) is 0 Å². The van der Waals surface area contributed by atoms with E-state index in [9.17, 15) is 30.0 Å². The third kappa shape index (κ3) is 3.39. The Balaban J connectivity index is 2.77. The summed E-state index contributed by atoms with van der Waals surface area (Å²) >= 11 is 0. The number of nitrogens with one attached hydrogen (secondary N) is 1. The maximum absolute atomic E-state index is 11.8. The summed E-state index contributed by atoms with van der Waals surface area (Å²) in [6.45, 7) is -0.870. The molecule has 7 N–H and O–H groups in total. The van der Waals surface area contributed by atoms with Crippen LogP contribution in [0.15, 0.2) is 0 Å². The van der Waals surface area contributed by atoms with E-state index < -0.39 is 61.3 Å². The Bertz CT molecular complexity index is 347. The van der Waals surface area contributed by atoms with Crippen LogP contribution in [0.4, 0.5) is 0 Å². The van der Waals surface area contributed by atoms with Gasteiger partial charge in [-0.3, -0.25) is 4.79 Å². The first-order valence-corrected chi connectivity index (χ1v) is 5.62. The highest BCUT2D eigenvalue weighted by atomic mass is 16.4. The fourth-order valence-electron chi connectivity index (χ4n) is 1.94. The van der Waals surface area contributed by atoms with Gasteiger partial charge >= 0.3 is 5.97 Å². The van der Waals surface area contributed by atoms with Crippen LogP contribution in [0.1, 0.15) is 12.8 Å². The summed E-state index contributed by atoms with van der Waals surface area (Å²) in [5, 5.41) is 57.4. The lowest BCUT2D eigenvalue weighted by molar-refractivity contribution is -0.174. The third-order valence-electron chi connectivity index (χ3n) is 3.09. The van der Waals surface area contributed by atoms with Crippen LogP contribution < -0.4 is 5.32 Å². The van der Waals surface area contributed by atoms with E-state index in [1.54, 1.807) is 0 Å². The van der Waals surface area contributed by atoms with Crippen LogP contribution in [0.25, 0.3) is 0 Å². The Hall–Kier alpha value is -1.26. The number of hydrogen-bond acceptors (Lipinski definition) is 7. The van der Waals surface area contributed by atoms with Gasteiger partial charge in [0.2, 0.25) is 0 Å². The van der Waals surface area contributed by atoms with Gasteiger partial charge in [-0.05, 0) is 0 Å². The molecule has 9 nitrogen and oxygen atoms in total. The molecule has 0 saturated heterocycles. The molecule has 110 valence electrons. The van der Waals surface area contributed by atoms with Crippen molar-refractivity contribution in [1.29, 1.82) is 0 Å². The SMILES string of the molecule is O=C(O)[C@H](CO)NC(=O)C1(O)C[C@@H](O)C(O)[C@H](O)C1. The molecule has 0 spiro atoms. The Labute approximate surface area is 108 Å². The minimum Gasteiger partial charge on any atom is -0.480 e. The van der Waals surface area contributed by atoms with Gasteiger partial charge in [0, 0.05) is 12.8 Å². The number of rotatable bonds is 4. The zero-order valence-corrected chi connectivity index (χ0v) is 9.93. The van der Waals surface area contributed by atoms with E-state index in [1.807, 2.05) is 5.32 Å². The molecule has 0 aromatic carbocycles. The zero-order chi connectivity index (χ0) is 14.8. The predicted octanol–water partition coefficient (Wildman–Crippen LogP) is -3.84. The van der Waals surface area contributed by atoms with Gasteiger partial charge in [-0.15, -0.1) is 0 Å². The molecule has 0 aromatic rings. The number of hydrogen-bond donors (Lipinski definition) is 7. The average molecular weight is 279 g/mol. The van der Waals surface area contributed by atoms with Crippen LogP contribution in [0.5, 0.6) is 0 Å². The standard InChI is InChI=1S/C10H17NO8/c12-3-4(8(16)17)11-9(18)10(19)1-5(13)7(15)6(14)2-10/h4-7,12-15,19H,1-3H2,(H,11,18)(H,16,17)/t4-,5+,6+,7?,10?/m0/s1. The summed E-state index contributed by atoms with van der Waals surface area (Å²) in [6.07, 6.45) is -5.61. The molecule has 19 heavy (non-hydrogen) atoms. The van der Waals surface area contributed by atoms with Crippen LogP contribution in [0.2, 0.25) is 0 Å². The van der Waals surface area contributed by atoms with Crippen LogP contribution in [0.3, 0.4) is 0 Å². The van der Waals surface area contributed by atoms with Crippen LogP contribution in [-0.4, -0.2) is 79.1 Å². The van der Waals surface area contributed by atoms with Crippen LogP contribution in [0, 0.1) is 0 Å². The molecule has 1 amide bonds. The quantitative estimate of drug-likeness (QED) is 0.274. The fourth-order valence-corrected chi connectivity index (χ4v) is 1.94.